The van der Waals surface area contributed by atoms with Crippen molar-refractivity contribution in [3.8, 4) is 0 Å². The van der Waals surface area contributed by atoms with Gasteiger partial charge in [-0.15, -0.1) is 10.2 Å². The second-order valence-electron chi connectivity index (χ2n) is 4.93. The van der Waals surface area contributed by atoms with Crippen molar-refractivity contribution in [2.45, 2.75) is 6.54 Å². The molecule has 2 aromatic heterocycles. The van der Waals surface area contributed by atoms with Crippen LogP contribution < -0.4 is 0 Å². The Bertz CT molecular complexity index is 735. The predicted octanol–water partition coefficient (Wildman–Crippen LogP) is 0.669. The second kappa shape index (κ2) is 6.17. The first-order valence-electron chi connectivity index (χ1n) is 6.99. The molecule has 0 unspecified atom stereocenters. The van der Waals surface area contributed by atoms with Gasteiger partial charge in [0.05, 0.1) is 25.3 Å². The Hall–Kier alpha value is -2.02. The number of aliphatic hydroxyl groups excluding tert-OH is 2. The third-order valence-corrected chi connectivity index (χ3v) is 3.54. The van der Waals surface area contributed by atoms with Gasteiger partial charge in [-0.2, -0.15) is 0 Å². The van der Waals surface area contributed by atoms with Crippen LogP contribution in [0.4, 0.5) is 0 Å². The molecule has 0 atom stereocenters. The third-order valence-electron chi connectivity index (χ3n) is 3.54. The van der Waals surface area contributed by atoms with Gasteiger partial charge in [-0.1, -0.05) is 18.2 Å². The van der Waals surface area contributed by atoms with E-state index in [1.807, 2.05) is 39.6 Å². The zero-order chi connectivity index (χ0) is 14.7. The van der Waals surface area contributed by atoms with Gasteiger partial charge in [0.2, 0.25) is 0 Å². The number of benzene rings is 1. The summed E-state index contributed by atoms with van der Waals surface area (Å²) >= 11 is 0. The summed E-state index contributed by atoms with van der Waals surface area (Å²) in [7, 11) is 0. The van der Waals surface area contributed by atoms with E-state index in [1.54, 1.807) is 0 Å². The van der Waals surface area contributed by atoms with Crippen LogP contribution in [0, 0.1) is 0 Å². The molecule has 21 heavy (non-hydrogen) atoms. The molecule has 3 aromatic rings. The van der Waals surface area contributed by atoms with Crippen LogP contribution in [0.25, 0.3) is 16.6 Å². The lowest BCUT2D eigenvalue weighted by atomic mass is 10.2. The van der Waals surface area contributed by atoms with E-state index in [9.17, 15) is 0 Å². The first-order valence-corrected chi connectivity index (χ1v) is 6.99. The summed E-state index contributed by atoms with van der Waals surface area (Å²) < 4.78 is 2.02. The fraction of sp³-hybridized carbons (Fsp3) is 0.333. The SMILES string of the molecule is OCCN(CCO)Cc1nnc2ccc3ccccc3n12. The minimum Gasteiger partial charge on any atom is -0.395 e. The van der Waals surface area contributed by atoms with Gasteiger partial charge in [0.25, 0.3) is 0 Å². The molecule has 0 bridgehead atoms. The van der Waals surface area contributed by atoms with Crippen molar-refractivity contribution >= 4 is 16.6 Å². The molecule has 0 saturated heterocycles. The van der Waals surface area contributed by atoms with Crippen LogP contribution in [0.2, 0.25) is 0 Å². The van der Waals surface area contributed by atoms with Crippen molar-refractivity contribution in [2.24, 2.45) is 0 Å². The molecule has 0 aliphatic heterocycles. The normalized spacial score (nSPS) is 11.8. The lowest BCUT2D eigenvalue weighted by Gasteiger charge is -2.19. The van der Waals surface area contributed by atoms with Crippen LogP contribution in [0.3, 0.4) is 0 Å². The van der Waals surface area contributed by atoms with E-state index in [1.165, 1.54) is 0 Å². The largest absolute Gasteiger partial charge is 0.395 e. The minimum absolute atomic E-state index is 0.0531. The number of hydrogen-bond donors (Lipinski definition) is 2. The molecular weight excluding hydrogens is 268 g/mol. The Balaban J connectivity index is 2.04. The fourth-order valence-electron chi connectivity index (χ4n) is 2.55. The molecule has 0 saturated carbocycles. The summed E-state index contributed by atoms with van der Waals surface area (Å²) in [6.07, 6.45) is 0. The van der Waals surface area contributed by atoms with E-state index in [0.717, 1.165) is 22.4 Å². The van der Waals surface area contributed by atoms with Crippen LogP contribution in [0.5, 0.6) is 0 Å². The zero-order valence-corrected chi connectivity index (χ0v) is 11.7. The summed E-state index contributed by atoms with van der Waals surface area (Å²) in [5.74, 6) is 0.809. The zero-order valence-electron chi connectivity index (χ0n) is 11.7. The maximum absolute atomic E-state index is 9.11. The highest BCUT2D eigenvalue weighted by Crippen LogP contribution is 2.18. The number of nitrogens with zero attached hydrogens (tertiary/aromatic N) is 4. The minimum atomic E-state index is 0.0531. The Morgan fingerprint density at radius 2 is 1.71 bits per heavy atom. The van der Waals surface area contributed by atoms with Crippen LogP contribution in [-0.4, -0.2) is 56.0 Å². The average Bonchev–Trinajstić information content (AvgIpc) is 2.91. The maximum atomic E-state index is 9.11. The molecule has 0 spiro atoms. The summed E-state index contributed by atoms with van der Waals surface area (Å²) in [6, 6.07) is 12.1. The van der Waals surface area contributed by atoms with Gasteiger partial charge >= 0.3 is 0 Å². The molecule has 0 fully saturated rings. The number of pyridine rings is 1. The lowest BCUT2D eigenvalue weighted by Crippen LogP contribution is -2.30. The number of aliphatic hydroxyl groups is 2. The van der Waals surface area contributed by atoms with Gasteiger partial charge in [-0.05, 0) is 23.6 Å². The molecule has 110 valence electrons. The molecule has 0 aliphatic rings. The third kappa shape index (κ3) is 2.73. The summed E-state index contributed by atoms with van der Waals surface area (Å²) in [5.41, 5.74) is 1.86. The number of para-hydroxylation sites is 1. The molecule has 6 heteroatoms. The molecule has 1 aromatic carbocycles. The maximum Gasteiger partial charge on any atom is 0.161 e. The van der Waals surface area contributed by atoms with E-state index < -0.39 is 0 Å². The summed E-state index contributed by atoms with van der Waals surface area (Å²) in [6.45, 7) is 1.64. The predicted molar refractivity (Wildman–Crippen MR) is 79.9 cm³/mol. The van der Waals surface area contributed by atoms with E-state index in [-0.39, 0.29) is 13.2 Å². The van der Waals surface area contributed by atoms with Crippen molar-refractivity contribution in [1.82, 2.24) is 19.5 Å². The van der Waals surface area contributed by atoms with Crippen molar-refractivity contribution in [2.75, 3.05) is 26.3 Å². The van der Waals surface area contributed by atoms with Crippen LogP contribution in [-0.2, 0) is 6.54 Å². The topological polar surface area (TPSA) is 73.9 Å². The van der Waals surface area contributed by atoms with Gasteiger partial charge in [0, 0.05) is 13.1 Å². The number of aromatic nitrogens is 3. The number of rotatable bonds is 6. The van der Waals surface area contributed by atoms with Crippen LogP contribution in [0.15, 0.2) is 36.4 Å². The first-order chi connectivity index (χ1) is 10.3. The van der Waals surface area contributed by atoms with E-state index in [4.69, 9.17) is 10.2 Å². The highest BCUT2D eigenvalue weighted by Gasteiger charge is 2.12. The number of hydrogen-bond acceptors (Lipinski definition) is 5. The molecular formula is C15H18N4O2. The standard InChI is InChI=1S/C15H18N4O2/c20-9-7-18(8-10-21)11-15-17-16-14-6-5-12-3-1-2-4-13(12)19(14)15/h1-6,20-21H,7-11H2. The Labute approximate surface area is 122 Å². The Kier molecular flexibility index (Phi) is 4.10. The van der Waals surface area contributed by atoms with E-state index in [0.29, 0.717) is 19.6 Å². The van der Waals surface area contributed by atoms with Crippen molar-refractivity contribution in [3.05, 3.63) is 42.2 Å². The first kappa shape index (κ1) is 13.9. The highest BCUT2D eigenvalue weighted by atomic mass is 16.3. The monoisotopic (exact) mass is 286 g/mol. The second-order valence-corrected chi connectivity index (χ2v) is 4.93. The van der Waals surface area contributed by atoms with Crippen LogP contribution >= 0.6 is 0 Å². The van der Waals surface area contributed by atoms with E-state index >= 15 is 0 Å². The molecule has 0 aliphatic carbocycles. The van der Waals surface area contributed by atoms with Crippen molar-refractivity contribution in [3.63, 3.8) is 0 Å². The van der Waals surface area contributed by atoms with Crippen molar-refractivity contribution in [1.29, 1.82) is 0 Å². The van der Waals surface area contributed by atoms with Crippen LogP contribution in [0.1, 0.15) is 5.82 Å². The smallest absolute Gasteiger partial charge is 0.161 e. The molecule has 3 rings (SSSR count). The molecule has 2 heterocycles. The van der Waals surface area contributed by atoms with Crippen molar-refractivity contribution < 1.29 is 10.2 Å². The van der Waals surface area contributed by atoms with E-state index in [2.05, 4.69) is 16.3 Å². The van der Waals surface area contributed by atoms with Gasteiger partial charge in [0.15, 0.2) is 11.5 Å². The molecule has 0 radical (unpaired) electrons. The molecule has 6 nitrogen and oxygen atoms in total. The quantitative estimate of drug-likeness (QED) is 0.696. The lowest BCUT2D eigenvalue weighted by molar-refractivity contribution is 0.153. The summed E-state index contributed by atoms with van der Waals surface area (Å²) in [5, 5.41) is 27.8. The molecule has 2 N–H and O–H groups in total. The van der Waals surface area contributed by atoms with Gasteiger partial charge in [-0.3, -0.25) is 9.30 Å². The average molecular weight is 286 g/mol. The van der Waals surface area contributed by atoms with Gasteiger partial charge in [-0.25, -0.2) is 0 Å². The summed E-state index contributed by atoms with van der Waals surface area (Å²) in [4.78, 5) is 1.96. The fourth-order valence-corrected chi connectivity index (χ4v) is 2.55. The highest BCUT2D eigenvalue weighted by molar-refractivity contribution is 5.81. The Morgan fingerprint density at radius 1 is 0.952 bits per heavy atom. The van der Waals surface area contributed by atoms with Gasteiger partial charge < -0.3 is 10.2 Å². The van der Waals surface area contributed by atoms with Gasteiger partial charge in [0.1, 0.15) is 0 Å². The number of fused-ring (bicyclic) bond motifs is 3. The molecule has 0 amide bonds. The Morgan fingerprint density at radius 3 is 2.48 bits per heavy atom.